The van der Waals surface area contributed by atoms with Crippen molar-refractivity contribution in [2.24, 2.45) is 0 Å². The molecule has 1 amide bonds. The molecule has 0 saturated carbocycles. The monoisotopic (exact) mass is 401 g/mol. The van der Waals surface area contributed by atoms with Crippen molar-refractivity contribution in [3.05, 3.63) is 71.7 Å². The van der Waals surface area contributed by atoms with E-state index < -0.39 is 0 Å². The molecule has 6 nitrogen and oxygen atoms in total. The fourth-order valence-electron chi connectivity index (χ4n) is 3.54. The number of nitrogens with zero attached hydrogens (tertiary/aromatic N) is 5. The van der Waals surface area contributed by atoms with Crippen molar-refractivity contribution in [1.82, 2.24) is 20.1 Å². The van der Waals surface area contributed by atoms with Gasteiger partial charge in [-0.3, -0.25) is 4.79 Å². The van der Waals surface area contributed by atoms with Gasteiger partial charge in [-0.2, -0.15) is 0 Å². The van der Waals surface area contributed by atoms with Crippen LogP contribution in [0.15, 0.2) is 66.0 Å². The third-order valence-electron chi connectivity index (χ3n) is 5.13. The molecule has 0 spiro atoms. The molecular weight excluding hydrogens is 382 g/mol. The molecule has 1 aromatic carbocycles. The summed E-state index contributed by atoms with van der Waals surface area (Å²) in [6.07, 6.45) is 0. The predicted molar refractivity (Wildman–Crippen MR) is 115 cm³/mol. The highest BCUT2D eigenvalue weighted by Crippen LogP contribution is 2.23. The maximum atomic E-state index is 12.9. The van der Waals surface area contributed by atoms with Gasteiger partial charge < -0.3 is 9.80 Å². The Kier molecular flexibility index (Phi) is 4.65. The van der Waals surface area contributed by atoms with Crippen molar-refractivity contribution in [3.63, 3.8) is 0 Å². The fourth-order valence-corrected chi connectivity index (χ4v) is 4.23. The highest BCUT2D eigenvalue weighted by Gasteiger charge is 2.24. The lowest BCUT2D eigenvalue weighted by molar-refractivity contribution is 0.0741. The van der Waals surface area contributed by atoms with E-state index in [4.69, 9.17) is 0 Å². The number of hydrogen-bond acceptors (Lipinski definition) is 6. The minimum atomic E-state index is -0.0190. The lowest BCUT2D eigenvalue weighted by Crippen LogP contribution is -2.49. The number of piperazine rings is 1. The Morgan fingerprint density at radius 2 is 1.72 bits per heavy atom. The number of hydrogen-bond donors (Lipinski definition) is 0. The normalized spacial score (nSPS) is 14.3. The number of thiophene rings is 1. The maximum Gasteiger partial charge on any atom is 0.272 e. The van der Waals surface area contributed by atoms with Crippen molar-refractivity contribution in [2.75, 3.05) is 31.1 Å². The van der Waals surface area contributed by atoms with E-state index >= 15 is 0 Å². The number of carbonyl (C=O) groups is 1. The summed E-state index contributed by atoms with van der Waals surface area (Å²) in [4.78, 5) is 22.6. The topological polar surface area (TPSA) is 62.2 Å². The van der Waals surface area contributed by atoms with Crippen LogP contribution in [-0.2, 0) is 0 Å². The molecule has 0 bridgehead atoms. The van der Waals surface area contributed by atoms with Crippen molar-refractivity contribution >= 4 is 34.0 Å². The summed E-state index contributed by atoms with van der Waals surface area (Å²) in [5.74, 6) is 0.829. The van der Waals surface area contributed by atoms with E-state index in [2.05, 4.69) is 20.1 Å². The average Bonchev–Trinajstić information content (AvgIpc) is 3.33. The van der Waals surface area contributed by atoms with E-state index in [-0.39, 0.29) is 5.91 Å². The molecule has 29 heavy (non-hydrogen) atoms. The van der Waals surface area contributed by atoms with Gasteiger partial charge >= 0.3 is 0 Å². The zero-order valence-electron chi connectivity index (χ0n) is 15.7. The lowest BCUT2D eigenvalue weighted by atomic mass is 10.2. The van der Waals surface area contributed by atoms with Crippen LogP contribution in [0.25, 0.3) is 21.5 Å². The van der Waals surface area contributed by atoms with Crippen LogP contribution < -0.4 is 4.90 Å². The number of para-hydroxylation sites is 1. The van der Waals surface area contributed by atoms with Gasteiger partial charge in [0.05, 0.1) is 10.4 Å². The highest BCUT2D eigenvalue weighted by atomic mass is 32.1. The summed E-state index contributed by atoms with van der Waals surface area (Å²) >= 11 is 1.65. The van der Waals surface area contributed by atoms with Crippen molar-refractivity contribution in [2.45, 2.75) is 0 Å². The van der Waals surface area contributed by atoms with E-state index in [1.54, 1.807) is 11.3 Å². The summed E-state index contributed by atoms with van der Waals surface area (Å²) in [6, 6.07) is 19.7. The number of pyridine rings is 1. The van der Waals surface area contributed by atoms with Crippen LogP contribution in [0.1, 0.15) is 10.5 Å². The Morgan fingerprint density at radius 3 is 2.48 bits per heavy atom. The van der Waals surface area contributed by atoms with E-state index in [9.17, 15) is 4.79 Å². The summed E-state index contributed by atoms with van der Waals surface area (Å²) in [6.45, 7) is 2.74. The van der Waals surface area contributed by atoms with E-state index in [1.807, 2.05) is 70.9 Å². The van der Waals surface area contributed by atoms with Gasteiger partial charge in [-0.25, -0.2) is 4.98 Å². The maximum absolute atomic E-state index is 12.9. The third kappa shape index (κ3) is 3.56. The van der Waals surface area contributed by atoms with Gasteiger partial charge in [-0.15, -0.1) is 21.5 Å². The van der Waals surface area contributed by atoms with Crippen LogP contribution in [0, 0.1) is 0 Å². The number of fused-ring (bicyclic) bond motifs is 1. The summed E-state index contributed by atoms with van der Waals surface area (Å²) in [5, 5.41) is 11.8. The molecule has 1 fully saturated rings. The molecular formula is C22H19N5OS. The molecule has 1 aliphatic rings. The second-order valence-corrected chi connectivity index (χ2v) is 7.87. The molecule has 3 aromatic heterocycles. The van der Waals surface area contributed by atoms with Crippen LogP contribution in [0.4, 0.5) is 5.82 Å². The highest BCUT2D eigenvalue weighted by molar-refractivity contribution is 7.13. The van der Waals surface area contributed by atoms with Gasteiger partial charge in [0.2, 0.25) is 0 Å². The Labute approximate surface area is 172 Å². The second-order valence-electron chi connectivity index (χ2n) is 6.92. The van der Waals surface area contributed by atoms with E-state index in [0.717, 1.165) is 40.4 Å². The fraction of sp³-hybridized carbons (Fsp3) is 0.182. The predicted octanol–water partition coefficient (Wildman–Crippen LogP) is 3.72. The minimum Gasteiger partial charge on any atom is -0.352 e. The number of carbonyl (C=O) groups excluding carboxylic acids is 1. The Morgan fingerprint density at radius 1 is 0.862 bits per heavy atom. The Hall–Kier alpha value is -3.32. The second kappa shape index (κ2) is 7.60. The molecule has 1 aliphatic heterocycles. The first-order chi connectivity index (χ1) is 14.3. The number of rotatable bonds is 3. The molecule has 4 heterocycles. The first-order valence-electron chi connectivity index (χ1n) is 9.55. The van der Waals surface area contributed by atoms with Crippen LogP contribution in [0.3, 0.4) is 0 Å². The van der Waals surface area contributed by atoms with Crippen LogP contribution in [0.5, 0.6) is 0 Å². The number of amides is 1. The Balaban J connectivity index is 1.25. The van der Waals surface area contributed by atoms with Crippen LogP contribution >= 0.6 is 11.3 Å². The van der Waals surface area contributed by atoms with Gasteiger partial charge in [-0.1, -0.05) is 30.3 Å². The average molecular weight is 401 g/mol. The van der Waals surface area contributed by atoms with Crippen molar-refractivity contribution in [3.8, 4) is 10.6 Å². The minimum absolute atomic E-state index is 0.0190. The molecule has 144 valence electrons. The van der Waals surface area contributed by atoms with Gasteiger partial charge in [0.1, 0.15) is 11.4 Å². The van der Waals surface area contributed by atoms with Gasteiger partial charge in [0, 0.05) is 31.6 Å². The lowest BCUT2D eigenvalue weighted by Gasteiger charge is -2.35. The van der Waals surface area contributed by atoms with Crippen LogP contribution in [-0.4, -0.2) is 52.2 Å². The number of aromatic nitrogens is 3. The molecule has 4 aromatic rings. The third-order valence-corrected chi connectivity index (χ3v) is 6.02. The zero-order valence-corrected chi connectivity index (χ0v) is 16.5. The van der Waals surface area contributed by atoms with Gasteiger partial charge in [0.25, 0.3) is 5.91 Å². The SMILES string of the molecule is O=C(c1ccc2ccccc2n1)N1CCN(c2ccc(-c3cccs3)nn2)CC1. The molecule has 1 saturated heterocycles. The smallest absolute Gasteiger partial charge is 0.272 e. The first kappa shape index (κ1) is 17.8. The molecule has 0 radical (unpaired) electrons. The van der Waals surface area contributed by atoms with Crippen molar-refractivity contribution in [1.29, 1.82) is 0 Å². The molecule has 7 heteroatoms. The van der Waals surface area contributed by atoms with E-state index in [1.165, 1.54) is 0 Å². The quantitative estimate of drug-likeness (QED) is 0.524. The summed E-state index contributed by atoms with van der Waals surface area (Å²) in [7, 11) is 0. The standard InChI is InChI=1S/C22H19N5OS/c28-22(19-8-7-16-4-1-2-5-17(16)23-19)27-13-11-26(12-14-27)21-10-9-18(24-25-21)20-6-3-15-29-20/h1-10,15H,11-14H2. The summed E-state index contributed by atoms with van der Waals surface area (Å²) in [5.41, 5.74) is 2.23. The van der Waals surface area contributed by atoms with Crippen molar-refractivity contribution < 1.29 is 4.79 Å². The van der Waals surface area contributed by atoms with Crippen LogP contribution in [0.2, 0.25) is 0 Å². The largest absolute Gasteiger partial charge is 0.352 e. The molecule has 0 N–H and O–H groups in total. The first-order valence-corrected chi connectivity index (χ1v) is 10.4. The Bertz CT molecular complexity index is 1140. The molecule has 5 rings (SSSR count). The zero-order chi connectivity index (χ0) is 19.6. The van der Waals surface area contributed by atoms with Gasteiger partial charge in [-0.05, 0) is 35.7 Å². The molecule has 0 aliphatic carbocycles. The summed E-state index contributed by atoms with van der Waals surface area (Å²) < 4.78 is 0. The number of benzene rings is 1. The number of anilines is 1. The molecule has 0 unspecified atom stereocenters. The van der Waals surface area contributed by atoms with E-state index in [0.29, 0.717) is 18.8 Å². The molecule has 0 atom stereocenters. The van der Waals surface area contributed by atoms with Gasteiger partial charge in [0.15, 0.2) is 5.82 Å².